The van der Waals surface area contributed by atoms with E-state index < -0.39 is 12.1 Å². The van der Waals surface area contributed by atoms with Gasteiger partial charge in [-0.2, -0.15) is 0 Å². The zero-order chi connectivity index (χ0) is 13.7. The van der Waals surface area contributed by atoms with Crippen molar-refractivity contribution in [3.05, 3.63) is 35.9 Å². The van der Waals surface area contributed by atoms with Crippen molar-refractivity contribution in [1.82, 2.24) is 0 Å². The molecular formula is C16H20O3. The van der Waals surface area contributed by atoms with Gasteiger partial charge in [-0.15, -0.1) is 0 Å². The molecule has 0 aromatic heterocycles. The summed E-state index contributed by atoms with van der Waals surface area (Å²) >= 11 is 0. The summed E-state index contributed by atoms with van der Waals surface area (Å²) in [4.78, 5) is 23.6. The van der Waals surface area contributed by atoms with Crippen LogP contribution in [0.4, 0.5) is 0 Å². The van der Waals surface area contributed by atoms with Crippen LogP contribution >= 0.6 is 0 Å². The number of carbonyl (C=O) groups excluding carboxylic acids is 2. The van der Waals surface area contributed by atoms with Gasteiger partial charge in [0.15, 0.2) is 11.9 Å². The molecule has 1 saturated carbocycles. The third-order valence-corrected chi connectivity index (χ3v) is 3.64. The number of benzene rings is 1. The number of hydrogen-bond acceptors (Lipinski definition) is 3. The van der Waals surface area contributed by atoms with Crippen LogP contribution in [0.15, 0.2) is 30.3 Å². The Morgan fingerprint density at radius 1 is 1.21 bits per heavy atom. The molecule has 1 aromatic rings. The van der Waals surface area contributed by atoms with Crippen LogP contribution in [0.25, 0.3) is 0 Å². The predicted octanol–water partition coefficient (Wildman–Crippen LogP) is 3.44. The molecule has 0 heterocycles. The number of carbonyl (C=O) groups is 2. The van der Waals surface area contributed by atoms with Gasteiger partial charge in [0.25, 0.3) is 0 Å². The molecule has 1 aromatic carbocycles. The molecule has 0 radical (unpaired) electrons. The maximum absolute atomic E-state index is 12.4. The van der Waals surface area contributed by atoms with Crippen molar-refractivity contribution in [2.24, 2.45) is 5.92 Å². The topological polar surface area (TPSA) is 43.4 Å². The average Bonchev–Trinajstić information content (AvgIpc) is 2.89. The molecule has 102 valence electrons. The van der Waals surface area contributed by atoms with Crippen LogP contribution in [0.3, 0.4) is 0 Å². The highest BCUT2D eigenvalue weighted by atomic mass is 16.5. The van der Waals surface area contributed by atoms with Crippen LogP contribution in [-0.2, 0) is 14.3 Å². The third-order valence-electron chi connectivity index (χ3n) is 3.64. The molecule has 1 fully saturated rings. The monoisotopic (exact) mass is 260 g/mol. The largest absolute Gasteiger partial charge is 0.450 e. The molecule has 0 amide bonds. The second-order valence-electron chi connectivity index (χ2n) is 5.22. The molecule has 1 aliphatic carbocycles. The lowest BCUT2D eigenvalue weighted by molar-refractivity contribution is -0.153. The first-order chi connectivity index (χ1) is 9.16. The van der Waals surface area contributed by atoms with Gasteiger partial charge in [0, 0.05) is 13.3 Å². The normalized spacial score (nSPS) is 17.1. The number of Topliss-reactive ketones (excluding diaryl/α,β-unsaturated/α-hetero) is 1. The van der Waals surface area contributed by atoms with E-state index in [4.69, 9.17) is 4.74 Å². The van der Waals surface area contributed by atoms with Crippen LogP contribution < -0.4 is 0 Å². The summed E-state index contributed by atoms with van der Waals surface area (Å²) < 4.78 is 5.22. The first kappa shape index (κ1) is 13.8. The minimum atomic E-state index is -0.737. The van der Waals surface area contributed by atoms with Gasteiger partial charge in [0.1, 0.15) is 0 Å². The standard InChI is InChI=1S/C16H20O3/c1-12(17)19-16(14-9-3-2-4-10-14)15(18)11-13-7-5-6-8-13/h2-4,9-10,13,16H,5-8,11H2,1H3. The highest BCUT2D eigenvalue weighted by molar-refractivity contribution is 5.86. The molecular weight excluding hydrogens is 240 g/mol. The molecule has 0 aliphatic heterocycles. The molecule has 0 N–H and O–H groups in total. The zero-order valence-corrected chi connectivity index (χ0v) is 11.3. The summed E-state index contributed by atoms with van der Waals surface area (Å²) in [5, 5.41) is 0. The minimum absolute atomic E-state index is 0.0216. The number of esters is 1. The molecule has 0 spiro atoms. The number of ketones is 1. The van der Waals surface area contributed by atoms with Crippen LogP contribution in [0.1, 0.15) is 50.7 Å². The van der Waals surface area contributed by atoms with Crippen molar-refractivity contribution in [2.75, 3.05) is 0 Å². The second-order valence-corrected chi connectivity index (χ2v) is 5.22. The van der Waals surface area contributed by atoms with Crippen molar-refractivity contribution < 1.29 is 14.3 Å². The fourth-order valence-corrected chi connectivity index (χ4v) is 2.72. The average molecular weight is 260 g/mol. The summed E-state index contributed by atoms with van der Waals surface area (Å²) in [7, 11) is 0. The van der Waals surface area contributed by atoms with Crippen molar-refractivity contribution >= 4 is 11.8 Å². The Kier molecular flexibility index (Phi) is 4.72. The highest BCUT2D eigenvalue weighted by Gasteiger charge is 2.27. The smallest absolute Gasteiger partial charge is 0.303 e. The van der Waals surface area contributed by atoms with Gasteiger partial charge in [-0.25, -0.2) is 0 Å². The van der Waals surface area contributed by atoms with E-state index in [1.54, 1.807) is 0 Å². The van der Waals surface area contributed by atoms with Gasteiger partial charge in [-0.1, -0.05) is 56.0 Å². The van der Waals surface area contributed by atoms with Crippen molar-refractivity contribution in [1.29, 1.82) is 0 Å². The van der Waals surface area contributed by atoms with E-state index in [2.05, 4.69) is 0 Å². The van der Waals surface area contributed by atoms with Gasteiger partial charge in [0.05, 0.1) is 0 Å². The van der Waals surface area contributed by atoms with Gasteiger partial charge >= 0.3 is 5.97 Å². The maximum atomic E-state index is 12.4. The van der Waals surface area contributed by atoms with E-state index in [0.717, 1.165) is 18.4 Å². The minimum Gasteiger partial charge on any atom is -0.450 e. The van der Waals surface area contributed by atoms with Gasteiger partial charge in [-0.05, 0) is 11.5 Å². The van der Waals surface area contributed by atoms with E-state index >= 15 is 0 Å². The van der Waals surface area contributed by atoms with Gasteiger partial charge in [0.2, 0.25) is 0 Å². The van der Waals surface area contributed by atoms with Crippen molar-refractivity contribution in [3.8, 4) is 0 Å². The third kappa shape index (κ3) is 3.91. The van der Waals surface area contributed by atoms with Gasteiger partial charge in [-0.3, -0.25) is 9.59 Å². The Bertz CT molecular complexity index is 433. The molecule has 0 saturated heterocycles. The van der Waals surface area contributed by atoms with E-state index in [0.29, 0.717) is 12.3 Å². The Hall–Kier alpha value is -1.64. The summed E-state index contributed by atoms with van der Waals surface area (Å²) in [6.45, 7) is 1.35. The highest BCUT2D eigenvalue weighted by Crippen LogP contribution is 2.30. The fraction of sp³-hybridized carbons (Fsp3) is 0.500. The molecule has 0 bridgehead atoms. The van der Waals surface area contributed by atoms with E-state index in [1.165, 1.54) is 19.8 Å². The van der Waals surface area contributed by atoms with Crippen molar-refractivity contribution in [2.45, 2.75) is 45.1 Å². The van der Waals surface area contributed by atoms with Crippen LogP contribution in [0.5, 0.6) is 0 Å². The lowest BCUT2D eigenvalue weighted by atomic mass is 9.95. The van der Waals surface area contributed by atoms with E-state index in [9.17, 15) is 9.59 Å². The second kappa shape index (κ2) is 6.50. The van der Waals surface area contributed by atoms with Gasteiger partial charge < -0.3 is 4.74 Å². The Labute approximate surface area is 114 Å². The molecule has 1 unspecified atom stereocenters. The Balaban J connectivity index is 2.08. The summed E-state index contributed by atoms with van der Waals surface area (Å²) in [6, 6.07) is 9.26. The fourth-order valence-electron chi connectivity index (χ4n) is 2.72. The molecule has 3 nitrogen and oxygen atoms in total. The molecule has 1 atom stereocenters. The summed E-state index contributed by atoms with van der Waals surface area (Å²) in [6.07, 6.45) is 4.44. The molecule has 19 heavy (non-hydrogen) atoms. The van der Waals surface area contributed by atoms with Crippen molar-refractivity contribution in [3.63, 3.8) is 0 Å². The lowest BCUT2D eigenvalue weighted by Crippen LogP contribution is -2.20. The first-order valence-electron chi connectivity index (χ1n) is 6.91. The predicted molar refractivity (Wildman–Crippen MR) is 72.5 cm³/mol. The molecule has 1 aliphatic rings. The quantitative estimate of drug-likeness (QED) is 0.762. The van der Waals surface area contributed by atoms with Crippen LogP contribution in [0, 0.1) is 5.92 Å². The lowest BCUT2D eigenvalue weighted by Gasteiger charge is -2.18. The summed E-state index contributed by atoms with van der Waals surface area (Å²) in [5.41, 5.74) is 0.765. The first-order valence-corrected chi connectivity index (χ1v) is 6.91. The zero-order valence-electron chi connectivity index (χ0n) is 11.3. The molecule has 2 rings (SSSR count). The maximum Gasteiger partial charge on any atom is 0.303 e. The van der Waals surface area contributed by atoms with Crippen LogP contribution in [-0.4, -0.2) is 11.8 Å². The number of hydrogen-bond donors (Lipinski definition) is 0. The Morgan fingerprint density at radius 2 is 1.84 bits per heavy atom. The van der Waals surface area contributed by atoms with E-state index in [-0.39, 0.29) is 5.78 Å². The number of ether oxygens (including phenoxy) is 1. The van der Waals surface area contributed by atoms with Crippen LogP contribution in [0.2, 0.25) is 0 Å². The summed E-state index contributed by atoms with van der Waals surface area (Å²) in [5.74, 6) is 0.0798. The number of rotatable bonds is 5. The Morgan fingerprint density at radius 3 is 2.42 bits per heavy atom. The molecule has 3 heteroatoms. The van der Waals surface area contributed by atoms with E-state index in [1.807, 2.05) is 30.3 Å². The SMILES string of the molecule is CC(=O)OC(C(=O)CC1CCCC1)c1ccccc1.